The summed E-state index contributed by atoms with van der Waals surface area (Å²) in [7, 11) is 2.10. The Morgan fingerprint density at radius 2 is 1.55 bits per heavy atom. The fraction of sp³-hybridized carbons (Fsp3) is 0.520. The van der Waals surface area contributed by atoms with Crippen LogP contribution in [0.5, 0.6) is 0 Å². The van der Waals surface area contributed by atoms with Crippen molar-refractivity contribution >= 4 is 46.9 Å². The Morgan fingerprint density at radius 3 is 2.05 bits per heavy atom. The zero-order chi connectivity index (χ0) is 29.4. The minimum atomic E-state index is -2.74. The van der Waals surface area contributed by atoms with Crippen LogP contribution in [0.25, 0.3) is 0 Å². The predicted octanol–water partition coefficient (Wildman–Crippen LogP) is 0.900. The highest BCUT2D eigenvalue weighted by Gasteiger charge is 2.41. The Labute approximate surface area is 239 Å². The van der Waals surface area contributed by atoms with Crippen LogP contribution in [0, 0.1) is 0 Å². The summed E-state index contributed by atoms with van der Waals surface area (Å²) in [6.07, 6.45) is -2.29. The fourth-order valence-corrected chi connectivity index (χ4v) is 5.40. The number of amides is 1. The normalized spacial score (nSPS) is 20.0. The Hall–Kier alpha value is -3.17. The molecule has 1 amide bonds. The van der Waals surface area contributed by atoms with Gasteiger partial charge in [-0.1, -0.05) is 28.2 Å². The third kappa shape index (κ3) is 8.66. The van der Waals surface area contributed by atoms with Crippen LogP contribution < -0.4 is 0 Å². The van der Waals surface area contributed by atoms with Crippen molar-refractivity contribution < 1.29 is 39.6 Å². The van der Waals surface area contributed by atoms with Gasteiger partial charge in [0.15, 0.2) is 5.60 Å². The first kappa shape index (κ1) is 31.4. The maximum absolute atomic E-state index is 12.8. The van der Waals surface area contributed by atoms with Gasteiger partial charge in [0.05, 0.1) is 25.1 Å². The van der Waals surface area contributed by atoms with Gasteiger partial charge in [-0.2, -0.15) is 0 Å². The van der Waals surface area contributed by atoms with Crippen LogP contribution in [-0.4, -0.2) is 127 Å². The summed E-state index contributed by atoms with van der Waals surface area (Å²) < 4.78 is 4.05. The molecule has 0 saturated carbocycles. The maximum atomic E-state index is 12.8. The molecule has 1 aromatic carbocycles. The minimum absolute atomic E-state index is 0.231. The Kier molecular flexibility index (Phi) is 10.9. The standard InChI is InChI=1S/C19H24ClN5OS.C6H8O7/c1-23-6-8-25(9-7-23)19(26)12-24-10-16(14-2-4-15(20)5-3-14)17(11-24)18-13-27-22-21-18;7-3(8)1-6(13,5(11)12)2-4(9)10/h2-5,13,16-17H,6-12H2,1H3;13H,1-2H2,(H,7,8)(H,9,10)(H,11,12)/t16-,17+;/m1./s1. The highest BCUT2D eigenvalue weighted by Crippen LogP contribution is 2.39. The van der Waals surface area contributed by atoms with E-state index in [1.807, 2.05) is 22.4 Å². The lowest BCUT2D eigenvalue weighted by Crippen LogP contribution is -2.49. The van der Waals surface area contributed by atoms with Crippen LogP contribution in [0.1, 0.15) is 35.9 Å². The van der Waals surface area contributed by atoms with Gasteiger partial charge in [-0.05, 0) is 36.3 Å². The number of hydrogen-bond donors (Lipinski definition) is 4. The average Bonchev–Trinajstić information content (AvgIpc) is 3.54. The molecule has 2 aliphatic heterocycles. The van der Waals surface area contributed by atoms with E-state index in [0.29, 0.717) is 12.5 Å². The number of carbonyl (C=O) groups excluding carboxylic acids is 1. The van der Waals surface area contributed by atoms with Crippen LogP contribution in [-0.2, 0) is 19.2 Å². The van der Waals surface area contributed by atoms with Crippen LogP contribution in [0.3, 0.4) is 0 Å². The molecular formula is C25H32ClN5O8S. The molecule has 1 aromatic heterocycles. The van der Waals surface area contributed by atoms with E-state index in [1.165, 1.54) is 17.1 Å². The highest BCUT2D eigenvalue weighted by atomic mass is 35.5. The molecule has 0 bridgehead atoms. The second kappa shape index (κ2) is 13.9. The third-order valence-corrected chi connectivity index (χ3v) is 7.73. The fourth-order valence-electron chi connectivity index (χ4n) is 4.76. The van der Waals surface area contributed by atoms with Crippen LogP contribution in [0.2, 0.25) is 5.02 Å². The summed E-state index contributed by atoms with van der Waals surface area (Å²) in [6, 6.07) is 8.05. The van der Waals surface area contributed by atoms with E-state index in [-0.39, 0.29) is 11.8 Å². The topological polar surface area (TPSA) is 185 Å². The molecule has 2 aromatic rings. The number of likely N-dealkylation sites (tertiary alicyclic amines) is 1. The van der Waals surface area contributed by atoms with Crippen molar-refractivity contribution in [1.29, 1.82) is 0 Å². The van der Waals surface area contributed by atoms with Crippen molar-refractivity contribution in [3.63, 3.8) is 0 Å². The van der Waals surface area contributed by atoms with Gasteiger partial charge in [-0.25, -0.2) is 4.79 Å². The number of halogens is 1. The van der Waals surface area contributed by atoms with Gasteiger partial charge in [0.25, 0.3) is 0 Å². The molecule has 4 N–H and O–H groups in total. The molecule has 40 heavy (non-hydrogen) atoms. The van der Waals surface area contributed by atoms with Crippen LogP contribution >= 0.6 is 23.1 Å². The summed E-state index contributed by atoms with van der Waals surface area (Å²) in [5.41, 5.74) is -0.473. The zero-order valence-electron chi connectivity index (χ0n) is 21.8. The monoisotopic (exact) mass is 597 g/mol. The minimum Gasteiger partial charge on any atom is -0.481 e. The van der Waals surface area contributed by atoms with Crippen molar-refractivity contribution in [2.24, 2.45) is 0 Å². The molecule has 3 heterocycles. The van der Waals surface area contributed by atoms with Gasteiger partial charge < -0.3 is 30.2 Å². The number of carboxylic acids is 3. The highest BCUT2D eigenvalue weighted by molar-refractivity contribution is 7.03. The predicted molar refractivity (Wildman–Crippen MR) is 144 cm³/mol. The molecule has 2 fully saturated rings. The maximum Gasteiger partial charge on any atom is 0.336 e. The van der Waals surface area contributed by atoms with E-state index in [0.717, 1.165) is 50.0 Å². The Morgan fingerprint density at radius 1 is 0.975 bits per heavy atom. The van der Waals surface area contributed by atoms with Gasteiger partial charge in [0, 0.05) is 61.5 Å². The van der Waals surface area contributed by atoms with E-state index >= 15 is 0 Å². The molecule has 15 heteroatoms. The first-order chi connectivity index (χ1) is 18.9. The number of aliphatic hydroxyl groups is 1. The molecule has 2 saturated heterocycles. The number of carbonyl (C=O) groups is 4. The second-order valence-corrected chi connectivity index (χ2v) is 11.0. The summed E-state index contributed by atoms with van der Waals surface area (Å²) in [6.45, 7) is 5.70. The number of aliphatic carboxylic acids is 3. The molecule has 0 spiro atoms. The lowest BCUT2D eigenvalue weighted by atomic mass is 9.87. The van der Waals surface area contributed by atoms with Crippen LogP contribution in [0.4, 0.5) is 0 Å². The van der Waals surface area contributed by atoms with E-state index < -0.39 is 36.4 Å². The van der Waals surface area contributed by atoms with Gasteiger partial charge >= 0.3 is 17.9 Å². The van der Waals surface area contributed by atoms with Gasteiger partial charge in [0.2, 0.25) is 5.91 Å². The van der Waals surface area contributed by atoms with Crippen molar-refractivity contribution in [2.45, 2.75) is 30.3 Å². The molecule has 0 radical (unpaired) electrons. The first-order valence-electron chi connectivity index (χ1n) is 12.5. The number of likely N-dealkylation sites (N-methyl/N-ethyl adjacent to an activating group) is 1. The summed E-state index contributed by atoms with van der Waals surface area (Å²) in [5.74, 6) is -4.23. The number of carboxylic acid groups (broad SMARTS) is 3. The number of rotatable bonds is 9. The van der Waals surface area contributed by atoms with Crippen molar-refractivity contribution in [2.75, 3.05) is 52.9 Å². The third-order valence-electron chi connectivity index (χ3n) is 6.95. The zero-order valence-corrected chi connectivity index (χ0v) is 23.4. The van der Waals surface area contributed by atoms with Gasteiger partial charge in [-0.15, -0.1) is 5.10 Å². The molecule has 13 nitrogen and oxygen atoms in total. The van der Waals surface area contributed by atoms with E-state index in [2.05, 4.69) is 38.6 Å². The number of aromatic nitrogens is 2. The molecule has 0 aliphatic carbocycles. The number of hydrogen-bond acceptors (Lipinski definition) is 10. The summed E-state index contributed by atoms with van der Waals surface area (Å²) >= 11 is 7.45. The molecule has 0 unspecified atom stereocenters. The molecular weight excluding hydrogens is 566 g/mol. The Bertz CT molecular complexity index is 1160. The van der Waals surface area contributed by atoms with E-state index in [4.69, 9.17) is 32.0 Å². The van der Waals surface area contributed by atoms with Crippen molar-refractivity contribution in [3.05, 3.63) is 45.9 Å². The number of benzene rings is 1. The lowest BCUT2D eigenvalue weighted by molar-refractivity contribution is -0.170. The number of nitrogens with zero attached hydrogens (tertiary/aromatic N) is 5. The average molecular weight is 598 g/mol. The Balaban J connectivity index is 0.000000289. The molecule has 2 aliphatic rings. The SMILES string of the molecule is CN1CCN(C(=O)CN2C[C@H](c3ccc(Cl)cc3)[C@@H](c3csnn3)C2)CC1.O=C(O)CC(O)(CC(=O)O)C(=O)O. The van der Waals surface area contributed by atoms with E-state index in [9.17, 15) is 19.2 Å². The largest absolute Gasteiger partial charge is 0.481 e. The second-order valence-electron chi connectivity index (χ2n) is 9.95. The summed E-state index contributed by atoms with van der Waals surface area (Å²) in [4.78, 5) is 49.8. The van der Waals surface area contributed by atoms with Gasteiger partial charge in [-0.3, -0.25) is 19.3 Å². The number of piperazine rings is 1. The van der Waals surface area contributed by atoms with Crippen molar-refractivity contribution in [3.8, 4) is 0 Å². The van der Waals surface area contributed by atoms with Gasteiger partial charge in [0.1, 0.15) is 0 Å². The quantitative estimate of drug-likeness (QED) is 0.320. The summed E-state index contributed by atoms with van der Waals surface area (Å²) in [5, 5.41) is 40.9. The first-order valence-corrected chi connectivity index (χ1v) is 13.7. The van der Waals surface area contributed by atoms with Crippen molar-refractivity contribution in [1.82, 2.24) is 24.3 Å². The van der Waals surface area contributed by atoms with Crippen LogP contribution in [0.15, 0.2) is 29.6 Å². The molecule has 4 rings (SSSR count). The molecule has 218 valence electrons. The molecule has 2 atom stereocenters. The smallest absolute Gasteiger partial charge is 0.336 e. The lowest BCUT2D eigenvalue weighted by Gasteiger charge is -2.33. The van der Waals surface area contributed by atoms with E-state index in [1.54, 1.807) is 0 Å².